The average Bonchev–Trinajstić information content (AvgIpc) is 3.14. The third-order valence-electron chi connectivity index (χ3n) is 4.97. The van der Waals surface area contributed by atoms with Gasteiger partial charge in [0.15, 0.2) is 5.82 Å². The average molecular weight is 484 g/mol. The van der Waals surface area contributed by atoms with Gasteiger partial charge in [-0.2, -0.15) is 5.10 Å². The van der Waals surface area contributed by atoms with E-state index in [4.69, 9.17) is 27.9 Å². The van der Waals surface area contributed by atoms with Crippen molar-refractivity contribution in [3.63, 3.8) is 0 Å². The number of benzene rings is 3. The highest BCUT2D eigenvalue weighted by Crippen LogP contribution is 2.21. The second kappa shape index (κ2) is 10.1. The van der Waals surface area contributed by atoms with Crippen molar-refractivity contribution in [2.45, 2.75) is 20.1 Å². The van der Waals surface area contributed by atoms with Gasteiger partial charge in [-0.1, -0.05) is 41.4 Å². The Morgan fingerprint density at radius 1 is 1.06 bits per heavy atom. The second-order valence-corrected chi connectivity index (χ2v) is 8.31. The van der Waals surface area contributed by atoms with Crippen molar-refractivity contribution >= 4 is 34.9 Å². The normalized spacial score (nSPS) is 10.8. The number of hydrogen-bond acceptors (Lipinski definition) is 3. The zero-order valence-electron chi connectivity index (χ0n) is 17.7. The third kappa shape index (κ3) is 5.92. The molecule has 4 aromatic rings. The van der Waals surface area contributed by atoms with E-state index in [2.05, 4.69) is 10.4 Å². The van der Waals surface area contributed by atoms with Crippen LogP contribution < -0.4 is 10.1 Å². The fourth-order valence-electron chi connectivity index (χ4n) is 3.23. The number of anilines is 1. The molecule has 0 saturated heterocycles. The predicted molar refractivity (Wildman–Crippen MR) is 128 cm³/mol. The molecule has 0 saturated carbocycles. The zero-order chi connectivity index (χ0) is 23.4. The Morgan fingerprint density at radius 3 is 2.61 bits per heavy atom. The van der Waals surface area contributed by atoms with Crippen LogP contribution in [0.4, 0.5) is 10.2 Å². The van der Waals surface area contributed by atoms with Gasteiger partial charge in [0.2, 0.25) is 0 Å². The molecule has 1 N–H and O–H groups in total. The fourth-order valence-corrected chi connectivity index (χ4v) is 3.58. The lowest BCUT2D eigenvalue weighted by molar-refractivity contribution is 0.102. The lowest BCUT2D eigenvalue weighted by Gasteiger charge is -2.08. The molecule has 8 heteroatoms. The highest BCUT2D eigenvalue weighted by Gasteiger charge is 2.12. The maximum Gasteiger partial charge on any atom is 0.256 e. The summed E-state index contributed by atoms with van der Waals surface area (Å²) in [5, 5.41) is 8.22. The Kier molecular flexibility index (Phi) is 6.96. The molecule has 0 spiro atoms. The number of nitrogens with one attached hydrogen (secondary N) is 1. The topological polar surface area (TPSA) is 56.1 Å². The number of hydrogen-bond donors (Lipinski definition) is 1. The molecule has 0 unspecified atom stereocenters. The van der Waals surface area contributed by atoms with Gasteiger partial charge in [0.05, 0.1) is 6.54 Å². The SMILES string of the molecule is Cc1cc(NC(=O)c2cccc(COc3ccc(Cl)cc3)c2)nn1Cc1ccc(F)cc1Cl. The van der Waals surface area contributed by atoms with Crippen molar-refractivity contribution in [1.29, 1.82) is 0 Å². The van der Waals surface area contributed by atoms with Gasteiger partial charge in [-0.05, 0) is 66.6 Å². The maximum absolute atomic E-state index is 13.3. The first-order valence-electron chi connectivity index (χ1n) is 10.1. The van der Waals surface area contributed by atoms with Crippen LogP contribution in [0.1, 0.15) is 27.2 Å². The Balaban J connectivity index is 1.41. The standard InChI is InChI=1S/C25H20Cl2FN3O2/c1-16-11-24(30-31(16)14-19-5-8-21(28)13-23(19)27)29-25(32)18-4-2-3-17(12-18)15-33-22-9-6-20(26)7-10-22/h2-13H,14-15H2,1H3,(H,29,30,32). The summed E-state index contributed by atoms with van der Waals surface area (Å²) in [6, 6.07) is 20.3. The van der Waals surface area contributed by atoms with Crippen molar-refractivity contribution in [1.82, 2.24) is 9.78 Å². The van der Waals surface area contributed by atoms with Crippen molar-refractivity contribution < 1.29 is 13.9 Å². The van der Waals surface area contributed by atoms with Crippen LogP contribution in [0.3, 0.4) is 0 Å². The molecule has 0 aliphatic heterocycles. The quantitative estimate of drug-likeness (QED) is 0.325. The second-order valence-electron chi connectivity index (χ2n) is 7.46. The summed E-state index contributed by atoms with van der Waals surface area (Å²) >= 11 is 12.0. The Morgan fingerprint density at radius 2 is 1.85 bits per heavy atom. The van der Waals surface area contributed by atoms with Crippen LogP contribution in [-0.2, 0) is 13.2 Å². The molecule has 1 amide bonds. The maximum atomic E-state index is 13.3. The molecular formula is C25H20Cl2FN3O2. The van der Waals surface area contributed by atoms with Crippen LogP contribution in [0.2, 0.25) is 10.0 Å². The van der Waals surface area contributed by atoms with Gasteiger partial charge in [-0.15, -0.1) is 0 Å². The molecule has 4 rings (SSSR count). The number of rotatable bonds is 7. The van der Waals surface area contributed by atoms with Crippen LogP contribution in [0.15, 0.2) is 72.8 Å². The Bertz CT molecular complexity index is 1290. The minimum absolute atomic E-state index is 0.284. The number of amides is 1. The summed E-state index contributed by atoms with van der Waals surface area (Å²) in [6.07, 6.45) is 0. The van der Waals surface area contributed by atoms with Crippen molar-refractivity contribution in [2.24, 2.45) is 0 Å². The summed E-state index contributed by atoms with van der Waals surface area (Å²) < 4.78 is 20.7. The molecule has 3 aromatic carbocycles. The van der Waals surface area contributed by atoms with Crippen LogP contribution in [-0.4, -0.2) is 15.7 Å². The van der Waals surface area contributed by atoms with Gasteiger partial charge in [0.25, 0.3) is 5.91 Å². The van der Waals surface area contributed by atoms with Gasteiger partial charge >= 0.3 is 0 Å². The number of nitrogens with zero attached hydrogens (tertiary/aromatic N) is 2. The lowest BCUT2D eigenvalue weighted by atomic mass is 10.1. The highest BCUT2D eigenvalue weighted by atomic mass is 35.5. The summed E-state index contributed by atoms with van der Waals surface area (Å²) in [4.78, 5) is 12.8. The summed E-state index contributed by atoms with van der Waals surface area (Å²) in [6.45, 7) is 2.54. The monoisotopic (exact) mass is 483 g/mol. The molecule has 1 aromatic heterocycles. The Hall–Kier alpha value is -3.35. The number of aryl methyl sites for hydroxylation is 1. The molecule has 0 aliphatic carbocycles. The smallest absolute Gasteiger partial charge is 0.256 e. The van der Waals surface area contributed by atoms with E-state index in [9.17, 15) is 9.18 Å². The molecule has 0 bridgehead atoms. The molecule has 168 valence electrons. The van der Waals surface area contributed by atoms with Crippen LogP contribution in [0.25, 0.3) is 0 Å². The largest absolute Gasteiger partial charge is 0.489 e. The van der Waals surface area contributed by atoms with Crippen molar-refractivity contribution in [2.75, 3.05) is 5.32 Å². The first kappa shape index (κ1) is 22.8. The van der Waals surface area contributed by atoms with E-state index in [0.717, 1.165) is 16.8 Å². The van der Waals surface area contributed by atoms with Crippen LogP contribution >= 0.6 is 23.2 Å². The third-order valence-corrected chi connectivity index (χ3v) is 5.57. The van der Waals surface area contributed by atoms with E-state index >= 15 is 0 Å². The summed E-state index contributed by atoms with van der Waals surface area (Å²) in [5.41, 5.74) is 2.90. The van der Waals surface area contributed by atoms with Crippen molar-refractivity contribution in [3.8, 4) is 5.75 Å². The van der Waals surface area contributed by atoms with Gasteiger partial charge in [0.1, 0.15) is 18.2 Å². The summed E-state index contributed by atoms with van der Waals surface area (Å²) in [7, 11) is 0. The van der Waals surface area contributed by atoms with E-state index in [0.29, 0.717) is 40.3 Å². The predicted octanol–water partition coefficient (Wildman–Crippen LogP) is 6.52. The van der Waals surface area contributed by atoms with E-state index in [1.54, 1.807) is 59.3 Å². The number of carbonyl (C=O) groups is 1. The molecule has 0 fully saturated rings. The Labute approximate surface area is 200 Å². The number of ether oxygens (including phenoxy) is 1. The minimum Gasteiger partial charge on any atom is -0.489 e. The lowest BCUT2D eigenvalue weighted by Crippen LogP contribution is -2.13. The van der Waals surface area contributed by atoms with E-state index in [1.807, 2.05) is 13.0 Å². The number of aromatic nitrogens is 2. The van der Waals surface area contributed by atoms with Gasteiger partial charge in [0, 0.05) is 27.4 Å². The molecular weight excluding hydrogens is 464 g/mol. The zero-order valence-corrected chi connectivity index (χ0v) is 19.2. The first-order chi connectivity index (χ1) is 15.9. The van der Waals surface area contributed by atoms with Crippen LogP contribution in [0, 0.1) is 12.7 Å². The highest BCUT2D eigenvalue weighted by molar-refractivity contribution is 6.31. The van der Waals surface area contributed by atoms with E-state index in [1.165, 1.54) is 12.1 Å². The molecule has 0 radical (unpaired) electrons. The molecule has 33 heavy (non-hydrogen) atoms. The van der Waals surface area contributed by atoms with Gasteiger partial charge < -0.3 is 10.1 Å². The number of carbonyl (C=O) groups excluding carboxylic acids is 1. The molecule has 1 heterocycles. The molecule has 0 aliphatic rings. The first-order valence-corrected chi connectivity index (χ1v) is 10.9. The fraction of sp³-hybridized carbons (Fsp3) is 0.120. The number of halogens is 3. The van der Waals surface area contributed by atoms with Crippen LogP contribution in [0.5, 0.6) is 5.75 Å². The molecule has 5 nitrogen and oxygen atoms in total. The summed E-state index contributed by atoms with van der Waals surface area (Å²) in [5.74, 6) is 0.428. The van der Waals surface area contributed by atoms with Crippen molar-refractivity contribution in [3.05, 3.63) is 111 Å². The minimum atomic E-state index is -0.394. The van der Waals surface area contributed by atoms with E-state index in [-0.39, 0.29) is 5.91 Å². The van der Waals surface area contributed by atoms with Gasteiger partial charge in [-0.3, -0.25) is 9.48 Å². The van der Waals surface area contributed by atoms with Gasteiger partial charge in [-0.25, -0.2) is 4.39 Å². The van der Waals surface area contributed by atoms with E-state index < -0.39 is 5.82 Å². The molecule has 0 atom stereocenters.